The molecule has 0 unspecified atom stereocenters. The number of rotatable bonds is 10. The Labute approximate surface area is 192 Å². The molecular formula is C23H29N5OS2. The van der Waals surface area contributed by atoms with Crippen molar-refractivity contribution in [3.05, 3.63) is 52.7 Å². The third-order valence-corrected chi connectivity index (χ3v) is 6.87. The monoisotopic (exact) mass is 455 g/mol. The minimum absolute atomic E-state index is 0.103. The van der Waals surface area contributed by atoms with Crippen LogP contribution in [0.3, 0.4) is 0 Å². The van der Waals surface area contributed by atoms with Crippen LogP contribution in [-0.4, -0.2) is 31.4 Å². The zero-order valence-corrected chi connectivity index (χ0v) is 20.2. The first-order valence-corrected chi connectivity index (χ1v) is 12.2. The number of carbonyl (C=O) groups is 1. The first-order chi connectivity index (χ1) is 14.9. The highest BCUT2D eigenvalue weighted by Gasteiger charge is 2.16. The maximum absolute atomic E-state index is 12.5. The molecule has 0 aliphatic carbocycles. The number of nitrogens with zero attached hydrogens (tertiary/aromatic N) is 4. The van der Waals surface area contributed by atoms with E-state index in [0.717, 1.165) is 46.4 Å². The van der Waals surface area contributed by atoms with E-state index in [4.69, 9.17) is 0 Å². The molecule has 1 aromatic carbocycles. The van der Waals surface area contributed by atoms with Crippen LogP contribution in [0.5, 0.6) is 0 Å². The highest BCUT2D eigenvalue weighted by Crippen LogP contribution is 2.31. The largest absolute Gasteiger partial charge is 0.302 e. The molecule has 31 heavy (non-hydrogen) atoms. The minimum atomic E-state index is -0.103. The quantitative estimate of drug-likeness (QED) is 0.319. The van der Waals surface area contributed by atoms with Gasteiger partial charge in [0.1, 0.15) is 5.82 Å². The van der Waals surface area contributed by atoms with E-state index in [2.05, 4.69) is 66.0 Å². The third-order valence-electron chi connectivity index (χ3n) is 5.01. The van der Waals surface area contributed by atoms with Crippen molar-refractivity contribution >= 4 is 34.1 Å². The Morgan fingerprint density at radius 1 is 1.26 bits per heavy atom. The number of amides is 1. The van der Waals surface area contributed by atoms with Gasteiger partial charge in [0.15, 0.2) is 10.3 Å². The summed E-state index contributed by atoms with van der Waals surface area (Å²) in [4.78, 5) is 18.3. The van der Waals surface area contributed by atoms with Crippen molar-refractivity contribution in [1.82, 2.24) is 19.7 Å². The fourth-order valence-corrected chi connectivity index (χ4v) is 4.77. The summed E-state index contributed by atoms with van der Waals surface area (Å²) in [5, 5.41) is 12.9. The molecule has 1 amide bonds. The molecule has 0 saturated heterocycles. The maximum Gasteiger partial charge on any atom is 0.236 e. The van der Waals surface area contributed by atoms with Crippen molar-refractivity contribution in [2.75, 3.05) is 11.1 Å². The molecule has 8 heteroatoms. The zero-order chi connectivity index (χ0) is 22.4. The van der Waals surface area contributed by atoms with Gasteiger partial charge in [-0.25, -0.2) is 4.98 Å². The van der Waals surface area contributed by atoms with E-state index < -0.39 is 0 Å². The summed E-state index contributed by atoms with van der Waals surface area (Å²) in [6, 6.07) is 6.32. The molecule has 0 atom stereocenters. The molecule has 0 spiro atoms. The molecule has 3 rings (SSSR count). The van der Waals surface area contributed by atoms with E-state index in [1.54, 1.807) is 0 Å². The van der Waals surface area contributed by atoms with Crippen molar-refractivity contribution in [3.63, 3.8) is 0 Å². The zero-order valence-electron chi connectivity index (χ0n) is 18.6. The van der Waals surface area contributed by atoms with Crippen LogP contribution in [-0.2, 0) is 17.8 Å². The van der Waals surface area contributed by atoms with E-state index in [1.165, 1.54) is 34.2 Å². The second kappa shape index (κ2) is 10.7. The van der Waals surface area contributed by atoms with Crippen LogP contribution >= 0.6 is 23.1 Å². The molecular weight excluding hydrogens is 426 g/mol. The van der Waals surface area contributed by atoms with Crippen molar-refractivity contribution < 1.29 is 4.79 Å². The third kappa shape index (κ3) is 5.83. The number of aromatic nitrogens is 4. The summed E-state index contributed by atoms with van der Waals surface area (Å²) < 4.78 is 2.03. The van der Waals surface area contributed by atoms with E-state index in [0.29, 0.717) is 11.7 Å². The van der Waals surface area contributed by atoms with Crippen LogP contribution < -0.4 is 5.32 Å². The Morgan fingerprint density at radius 3 is 2.77 bits per heavy atom. The molecule has 0 fully saturated rings. The average Bonchev–Trinajstić information content (AvgIpc) is 3.30. The van der Waals surface area contributed by atoms with Crippen LogP contribution in [0.2, 0.25) is 0 Å². The van der Waals surface area contributed by atoms with Gasteiger partial charge in [0.2, 0.25) is 5.91 Å². The van der Waals surface area contributed by atoms with Gasteiger partial charge in [0.05, 0.1) is 11.4 Å². The van der Waals surface area contributed by atoms with Crippen LogP contribution in [0.4, 0.5) is 5.13 Å². The number of nitrogens with one attached hydrogen (secondary N) is 1. The maximum atomic E-state index is 12.5. The molecule has 0 aliphatic rings. The van der Waals surface area contributed by atoms with Crippen LogP contribution in [0.25, 0.3) is 11.3 Å². The Morgan fingerprint density at radius 2 is 2.06 bits per heavy atom. The lowest BCUT2D eigenvalue weighted by Gasteiger charge is -2.07. The molecule has 0 radical (unpaired) electrons. The highest BCUT2D eigenvalue weighted by atomic mass is 32.2. The minimum Gasteiger partial charge on any atom is -0.302 e. The summed E-state index contributed by atoms with van der Waals surface area (Å²) in [5.41, 5.74) is 4.48. The van der Waals surface area contributed by atoms with Crippen LogP contribution in [0.15, 0.2) is 36.0 Å². The molecule has 1 N–H and O–H groups in total. The molecule has 2 aromatic heterocycles. The number of benzene rings is 1. The number of carbonyl (C=O) groups excluding carboxylic acids is 1. The lowest BCUT2D eigenvalue weighted by Crippen LogP contribution is -2.14. The van der Waals surface area contributed by atoms with E-state index in [-0.39, 0.29) is 11.7 Å². The number of anilines is 1. The number of hydrogen-bond donors (Lipinski definition) is 1. The summed E-state index contributed by atoms with van der Waals surface area (Å²) in [6.45, 7) is 12.8. The standard InChI is InChI=1S/C23H29N5OS2/c1-6-8-9-19-26-27-23(28(19)12-7-2)30-14-20(29)24-22-25-21(17(5)31-22)18-11-10-15(3)16(4)13-18/h7,10-11,13H,2,6,8-9,12,14H2,1,3-5H3,(H,24,25,29). The van der Waals surface area contributed by atoms with E-state index >= 15 is 0 Å². The number of thiazole rings is 1. The van der Waals surface area contributed by atoms with Gasteiger partial charge < -0.3 is 9.88 Å². The second-order valence-electron chi connectivity index (χ2n) is 7.46. The summed E-state index contributed by atoms with van der Waals surface area (Å²) >= 11 is 2.88. The van der Waals surface area contributed by atoms with Gasteiger partial charge in [0.25, 0.3) is 0 Å². The lowest BCUT2D eigenvalue weighted by molar-refractivity contribution is -0.113. The molecule has 164 valence electrons. The van der Waals surface area contributed by atoms with E-state index in [1.807, 2.05) is 17.6 Å². The number of hydrogen-bond acceptors (Lipinski definition) is 6. The van der Waals surface area contributed by atoms with Crippen molar-refractivity contribution in [3.8, 4) is 11.3 Å². The van der Waals surface area contributed by atoms with Gasteiger partial charge >= 0.3 is 0 Å². The van der Waals surface area contributed by atoms with Gasteiger partial charge in [-0.15, -0.1) is 28.1 Å². The normalized spacial score (nSPS) is 11.0. The van der Waals surface area contributed by atoms with Gasteiger partial charge in [-0.3, -0.25) is 4.79 Å². The molecule has 6 nitrogen and oxygen atoms in total. The predicted octanol–water partition coefficient (Wildman–Crippen LogP) is 5.59. The topological polar surface area (TPSA) is 72.7 Å². The molecule has 0 aliphatic heterocycles. The Balaban J connectivity index is 1.65. The number of aryl methyl sites for hydroxylation is 4. The van der Waals surface area contributed by atoms with Crippen molar-refractivity contribution in [1.29, 1.82) is 0 Å². The predicted molar refractivity (Wildman–Crippen MR) is 130 cm³/mol. The van der Waals surface area contributed by atoms with Crippen molar-refractivity contribution in [2.24, 2.45) is 0 Å². The number of thioether (sulfide) groups is 1. The van der Waals surface area contributed by atoms with Crippen molar-refractivity contribution in [2.45, 2.75) is 58.7 Å². The Hall–Kier alpha value is -2.45. The summed E-state index contributed by atoms with van der Waals surface area (Å²) in [7, 11) is 0. The van der Waals surface area contributed by atoms with Crippen LogP contribution in [0, 0.1) is 20.8 Å². The van der Waals surface area contributed by atoms with Crippen LogP contribution in [0.1, 0.15) is 41.6 Å². The SMILES string of the molecule is C=CCn1c(CCCC)nnc1SCC(=O)Nc1nc(-c2ccc(C)c(C)c2)c(C)s1. The van der Waals surface area contributed by atoms with Gasteiger partial charge in [0, 0.05) is 23.4 Å². The second-order valence-corrected chi connectivity index (χ2v) is 9.61. The van der Waals surface area contributed by atoms with Gasteiger partial charge in [-0.05, 0) is 44.4 Å². The molecule has 3 aromatic rings. The average molecular weight is 456 g/mol. The fourth-order valence-electron chi connectivity index (χ4n) is 3.15. The smallest absolute Gasteiger partial charge is 0.236 e. The fraction of sp³-hybridized carbons (Fsp3) is 0.391. The molecule has 0 saturated carbocycles. The number of unbranched alkanes of at least 4 members (excludes halogenated alkanes) is 1. The lowest BCUT2D eigenvalue weighted by atomic mass is 10.0. The first-order valence-electron chi connectivity index (χ1n) is 10.4. The molecule has 0 bridgehead atoms. The van der Waals surface area contributed by atoms with E-state index in [9.17, 15) is 4.79 Å². The molecule has 2 heterocycles. The first kappa shape index (κ1) is 23.2. The number of allylic oxidation sites excluding steroid dienone is 1. The summed E-state index contributed by atoms with van der Waals surface area (Å²) in [6.07, 6.45) is 4.87. The van der Waals surface area contributed by atoms with Gasteiger partial charge in [-0.1, -0.05) is 43.3 Å². The Kier molecular flexibility index (Phi) is 8.03. The highest BCUT2D eigenvalue weighted by molar-refractivity contribution is 7.99. The summed E-state index contributed by atoms with van der Waals surface area (Å²) in [5.74, 6) is 1.09. The Bertz CT molecular complexity index is 1070. The van der Waals surface area contributed by atoms with Gasteiger partial charge in [-0.2, -0.15) is 0 Å².